The third-order valence-electron chi connectivity index (χ3n) is 8.26. The van der Waals surface area contributed by atoms with Crippen LogP contribution in [0.25, 0.3) is 0 Å². The molecule has 216 valence electrons. The SMILES string of the molecule is Cc1ccc(Cn2ccnc2NC(=O)C2CN(C(C)(C)C)C[C@H]2c2ccc(F)cc2F)c(N2CCN(C#N)CC2)c1. The van der Waals surface area contributed by atoms with Crippen LogP contribution in [0.1, 0.15) is 43.4 Å². The number of nitrogens with zero attached hydrogens (tertiary/aromatic N) is 6. The van der Waals surface area contributed by atoms with Gasteiger partial charge in [-0.2, -0.15) is 5.26 Å². The molecular weight excluding hydrogens is 524 g/mol. The van der Waals surface area contributed by atoms with E-state index >= 15 is 0 Å². The molecule has 1 amide bonds. The molecule has 2 aromatic carbocycles. The number of aryl methyl sites for hydroxylation is 1. The summed E-state index contributed by atoms with van der Waals surface area (Å²) in [6.45, 7) is 12.6. The van der Waals surface area contributed by atoms with Crippen LogP contribution in [-0.2, 0) is 11.3 Å². The van der Waals surface area contributed by atoms with E-state index in [0.717, 1.165) is 36.0 Å². The van der Waals surface area contributed by atoms with Gasteiger partial charge in [0.2, 0.25) is 11.9 Å². The first-order valence-electron chi connectivity index (χ1n) is 14.0. The van der Waals surface area contributed by atoms with Crippen LogP contribution < -0.4 is 10.2 Å². The van der Waals surface area contributed by atoms with Gasteiger partial charge in [0.25, 0.3) is 0 Å². The van der Waals surface area contributed by atoms with Gasteiger partial charge in [-0.1, -0.05) is 18.2 Å². The third kappa shape index (κ3) is 6.20. The molecule has 3 aromatic rings. The number of benzene rings is 2. The Bertz CT molecular complexity index is 1450. The summed E-state index contributed by atoms with van der Waals surface area (Å²) >= 11 is 0. The van der Waals surface area contributed by atoms with E-state index in [0.29, 0.717) is 44.2 Å². The van der Waals surface area contributed by atoms with Gasteiger partial charge in [-0.3, -0.25) is 15.0 Å². The zero-order valence-electron chi connectivity index (χ0n) is 24.1. The predicted molar refractivity (Wildman–Crippen MR) is 154 cm³/mol. The predicted octanol–water partition coefficient (Wildman–Crippen LogP) is 4.57. The first-order valence-corrected chi connectivity index (χ1v) is 14.0. The highest BCUT2D eigenvalue weighted by molar-refractivity contribution is 5.92. The average molecular weight is 562 g/mol. The average Bonchev–Trinajstić information content (AvgIpc) is 3.57. The third-order valence-corrected chi connectivity index (χ3v) is 8.26. The maximum absolute atomic E-state index is 14.9. The molecule has 10 heteroatoms. The molecule has 2 fully saturated rings. The van der Waals surface area contributed by atoms with E-state index in [2.05, 4.69) is 72.2 Å². The van der Waals surface area contributed by atoms with Crippen molar-refractivity contribution in [3.05, 3.63) is 77.1 Å². The molecule has 1 unspecified atom stereocenters. The van der Waals surface area contributed by atoms with Crippen LogP contribution >= 0.6 is 0 Å². The van der Waals surface area contributed by atoms with Gasteiger partial charge in [0, 0.05) is 74.9 Å². The smallest absolute Gasteiger partial charge is 0.231 e. The number of aromatic nitrogens is 2. The zero-order valence-corrected chi connectivity index (χ0v) is 24.1. The number of carbonyl (C=O) groups excluding carboxylic acids is 1. The molecule has 1 N–H and O–H groups in total. The first kappa shape index (κ1) is 28.6. The van der Waals surface area contributed by atoms with Gasteiger partial charge < -0.3 is 14.4 Å². The van der Waals surface area contributed by atoms with E-state index in [4.69, 9.17) is 0 Å². The van der Waals surface area contributed by atoms with Gasteiger partial charge in [-0.15, -0.1) is 0 Å². The lowest BCUT2D eigenvalue weighted by molar-refractivity contribution is -0.120. The molecule has 2 aliphatic heterocycles. The molecule has 0 aliphatic carbocycles. The van der Waals surface area contributed by atoms with Crippen molar-refractivity contribution < 1.29 is 13.6 Å². The number of rotatable bonds is 6. The normalized spacial score (nSPS) is 19.8. The fraction of sp³-hybridized carbons (Fsp3) is 0.452. The minimum absolute atomic E-state index is 0.219. The Morgan fingerprint density at radius 3 is 2.54 bits per heavy atom. The lowest BCUT2D eigenvalue weighted by atomic mass is 9.88. The summed E-state index contributed by atoms with van der Waals surface area (Å²) in [5.74, 6) is -2.05. The second-order valence-electron chi connectivity index (χ2n) is 12.0. The van der Waals surface area contributed by atoms with Crippen LogP contribution in [0.15, 0.2) is 48.8 Å². The number of piperazine rings is 1. The number of anilines is 2. The number of likely N-dealkylation sites (tertiary alicyclic amines) is 1. The Kier molecular flexibility index (Phi) is 8.00. The highest BCUT2D eigenvalue weighted by Gasteiger charge is 2.43. The number of halogens is 2. The van der Waals surface area contributed by atoms with E-state index in [1.165, 1.54) is 12.1 Å². The minimum Gasteiger partial charge on any atom is -0.368 e. The summed E-state index contributed by atoms with van der Waals surface area (Å²) in [5, 5.41) is 12.2. The van der Waals surface area contributed by atoms with Gasteiger partial charge in [-0.05, 0) is 56.5 Å². The van der Waals surface area contributed by atoms with Gasteiger partial charge in [0.15, 0.2) is 6.19 Å². The zero-order chi connectivity index (χ0) is 29.3. The summed E-state index contributed by atoms with van der Waals surface area (Å²) in [6, 6.07) is 9.92. The summed E-state index contributed by atoms with van der Waals surface area (Å²) in [4.78, 5) is 24.4. The maximum atomic E-state index is 14.9. The topological polar surface area (TPSA) is 80.4 Å². The highest BCUT2D eigenvalue weighted by atomic mass is 19.1. The molecule has 1 aromatic heterocycles. The number of imidazole rings is 1. The van der Waals surface area contributed by atoms with Crippen molar-refractivity contribution >= 4 is 17.5 Å². The van der Waals surface area contributed by atoms with Crippen LogP contribution in [0.2, 0.25) is 0 Å². The second kappa shape index (κ2) is 11.5. The number of nitriles is 1. The molecule has 8 nitrogen and oxygen atoms in total. The fourth-order valence-electron chi connectivity index (χ4n) is 5.83. The molecule has 5 rings (SSSR count). The fourth-order valence-corrected chi connectivity index (χ4v) is 5.83. The minimum atomic E-state index is -0.637. The molecular formula is C31H37F2N7O. The molecule has 2 atom stereocenters. The summed E-state index contributed by atoms with van der Waals surface area (Å²) < 4.78 is 30.5. The Morgan fingerprint density at radius 1 is 1.10 bits per heavy atom. The van der Waals surface area contributed by atoms with E-state index in [1.54, 1.807) is 11.1 Å². The second-order valence-corrected chi connectivity index (χ2v) is 12.0. The van der Waals surface area contributed by atoms with Gasteiger partial charge in [-0.25, -0.2) is 13.8 Å². The van der Waals surface area contributed by atoms with Crippen LogP contribution in [0.3, 0.4) is 0 Å². The van der Waals surface area contributed by atoms with E-state index in [9.17, 15) is 18.8 Å². The van der Waals surface area contributed by atoms with Crippen LogP contribution in [0, 0.1) is 35.9 Å². The molecule has 2 aliphatic rings. The van der Waals surface area contributed by atoms with Gasteiger partial charge >= 0.3 is 0 Å². The highest BCUT2D eigenvalue weighted by Crippen LogP contribution is 2.38. The number of carbonyl (C=O) groups is 1. The largest absolute Gasteiger partial charge is 0.368 e. The van der Waals surface area contributed by atoms with Crippen molar-refractivity contribution in [1.29, 1.82) is 5.26 Å². The molecule has 0 bridgehead atoms. The Hall–Kier alpha value is -3.97. The van der Waals surface area contributed by atoms with Crippen LogP contribution in [0.4, 0.5) is 20.4 Å². The van der Waals surface area contributed by atoms with Crippen molar-refractivity contribution in [2.24, 2.45) is 5.92 Å². The number of nitrogens with one attached hydrogen (secondary N) is 1. The number of amides is 1. The Labute approximate surface area is 240 Å². The van der Waals surface area contributed by atoms with E-state index < -0.39 is 23.5 Å². The van der Waals surface area contributed by atoms with Crippen molar-refractivity contribution in [2.75, 3.05) is 49.5 Å². The molecule has 41 heavy (non-hydrogen) atoms. The maximum Gasteiger partial charge on any atom is 0.231 e. The van der Waals surface area contributed by atoms with Crippen LogP contribution in [-0.4, -0.2) is 70.1 Å². The monoisotopic (exact) mass is 561 g/mol. The molecule has 3 heterocycles. The summed E-state index contributed by atoms with van der Waals surface area (Å²) in [6.07, 6.45) is 5.72. The van der Waals surface area contributed by atoms with E-state index in [1.807, 2.05) is 10.8 Å². The van der Waals surface area contributed by atoms with Crippen molar-refractivity contribution in [2.45, 2.75) is 45.7 Å². The number of hydrogen-bond acceptors (Lipinski definition) is 6. The molecule has 2 saturated heterocycles. The molecule has 0 spiro atoms. The first-order chi connectivity index (χ1) is 19.5. The van der Waals surface area contributed by atoms with Crippen LogP contribution in [0.5, 0.6) is 0 Å². The Morgan fingerprint density at radius 2 is 1.85 bits per heavy atom. The lowest BCUT2D eigenvalue weighted by Crippen LogP contribution is -2.44. The van der Waals surface area contributed by atoms with E-state index in [-0.39, 0.29) is 11.4 Å². The summed E-state index contributed by atoms with van der Waals surface area (Å²) in [5.41, 5.74) is 3.47. The number of hydrogen-bond donors (Lipinski definition) is 1. The van der Waals surface area contributed by atoms with Crippen molar-refractivity contribution in [1.82, 2.24) is 19.4 Å². The summed E-state index contributed by atoms with van der Waals surface area (Å²) in [7, 11) is 0. The standard InChI is InChI=1S/C31H37F2N7O/c1-21-5-6-22(28(15-21)38-13-11-37(20-34)12-14-38)17-39-10-9-35-30(39)36-29(41)26-19-40(31(2,3)4)18-25(26)24-8-7-23(32)16-27(24)33/h5-10,15-16,25-26H,11-14,17-19H2,1-4H3,(H,35,36,41)/t25-,26?/m0/s1. The van der Waals surface area contributed by atoms with Crippen molar-refractivity contribution in [3.8, 4) is 6.19 Å². The molecule has 0 radical (unpaired) electrons. The lowest BCUT2D eigenvalue weighted by Gasteiger charge is -2.34. The van der Waals surface area contributed by atoms with Crippen molar-refractivity contribution in [3.63, 3.8) is 0 Å². The Balaban J connectivity index is 1.37. The quantitative estimate of drug-likeness (QED) is 0.444. The van der Waals surface area contributed by atoms with Gasteiger partial charge in [0.05, 0.1) is 12.5 Å². The molecule has 0 saturated carbocycles. The van der Waals surface area contributed by atoms with Gasteiger partial charge in [0.1, 0.15) is 11.6 Å².